The normalized spacial score (nSPS) is 29.4. The first-order valence-electron chi connectivity index (χ1n) is 7.65. The molecular formula is C17H23NOS. The quantitative estimate of drug-likeness (QED) is 0.855. The van der Waals surface area contributed by atoms with Gasteiger partial charge in [-0.2, -0.15) is 0 Å². The Morgan fingerprint density at radius 2 is 2.00 bits per heavy atom. The second-order valence-corrected chi connectivity index (χ2v) is 7.78. The van der Waals surface area contributed by atoms with Crippen LogP contribution in [0.15, 0.2) is 29.2 Å². The predicted octanol–water partition coefficient (Wildman–Crippen LogP) is 3.78. The van der Waals surface area contributed by atoms with E-state index < -0.39 is 0 Å². The lowest BCUT2D eigenvalue weighted by Crippen LogP contribution is -2.42. The number of rotatable bonds is 4. The van der Waals surface area contributed by atoms with Crippen molar-refractivity contribution in [3.63, 3.8) is 0 Å². The van der Waals surface area contributed by atoms with Gasteiger partial charge in [0.1, 0.15) is 0 Å². The average molecular weight is 289 g/mol. The molecule has 1 N–H and O–H groups in total. The van der Waals surface area contributed by atoms with Crippen LogP contribution in [-0.4, -0.2) is 17.2 Å². The molecule has 108 valence electrons. The highest BCUT2D eigenvalue weighted by Crippen LogP contribution is 2.44. The van der Waals surface area contributed by atoms with Crippen LogP contribution in [0.2, 0.25) is 0 Å². The van der Waals surface area contributed by atoms with Crippen LogP contribution in [0.1, 0.15) is 38.2 Å². The summed E-state index contributed by atoms with van der Waals surface area (Å²) in [5, 5.41) is 3.27. The summed E-state index contributed by atoms with van der Waals surface area (Å²) < 4.78 is 0. The van der Waals surface area contributed by atoms with Gasteiger partial charge >= 0.3 is 0 Å². The summed E-state index contributed by atoms with van der Waals surface area (Å²) in [7, 11) is 0. The summed E-state index contributed by atoms with van der Waals surface area (Å²) in [6, 6.07) is 8.84. The molecule has 2 bridgehead atoms. The number of hydrogen-bond acceptors (Lipinski definition) is 2. The van der Waals surface area contributed by atoms with Gasteiger partial charge in [-0.05, 0) is 57.1 Å². The number of carbonyl (C=O) groups excluding carboxylic acids is 1. The maximum Gasteiger partial charge on any atom is 0.233 e. The molecule has 0 heterocycles. The SMILES string of the molecule is Cc1ccc(S[C@@H](C)C(=O)N[C@@H]2C[C@H]3CC[C@H]2C3)cc1. The highest BCUT2D eigenvalue weighted by atomic mass is 32.2. The topological polar surface area (TPSA) is 29.1 Å². The van der Waals surface area contributed by atoms with Crippen LogP contribution in [0.5, 0.6) is 0 Å². The minimum atomic E-state index is -0.0168. The largest absolute Gasteiger partial charge is 0.352 e. The third kappa shape index (κ3) is 3.03. The summed E-state index contributed by atoms with van der Waals surface area (Å²) in [6.07, 6.45) is 5.24. The maximum absolute atomic E-state index is 12.3. The fourth-order valence-corrected chi connectivity index (χ4v) is 4.47. The predicted molar refractivity (Wildman–Crippen MR) is 83.9 cm³/mol. The number of carbonyl (C=O) groups is 1. The molecule has 2 nitrogen and oxygen atoms in total. The Kier molecular flexibility index (Phi) is 4.06. The van der Waals surface area contributed by atoms with Crippen molar-refractivity contribution in [2.24, 2.45) is 11.8 Å². The number of fused-ring (bicyclic) bond motifs is 2. The minimum absolute atomic E-state index is 0.0168. The van der Waals surface area contributed by atoms with Gasteiger partial charge in [0.05, 0.1) is 5.25 Å². The first-order valence-corrected chi connectivity index (χ1v) is 8.53. The molecule has 1 aromatic carbocycles. The van der Waals surface area contributed by atoms with Gasteiger partial charge in [0.25, 0.3) is 0 Å². The van der Waals surface area contributed by atoms with E-state index in [1.54, 1.807) is 11.8 Å². The fourth-order valence-electron chi connectivity index (χ4n) is 3.60. The number of amides is 1. The Labute approximate surface area is 125 Å². The van der Waals surface area contributed by atoms with Crippen molar-refractivity contribution in [3.8, 4) is 0 Å². The maximum atomic E-state index is 12.3. The smallest absolute Gasteiger partial charge is 0.233 e. The molecule has 2 aliphatic rings. The third-order valence-electron chi connectivity index (χ3n) is 4.77. The highest BCUT2D eigenvalue weighted by molar-refractivity contribution is 8.00. The van der Waals surface area contributed by atoms with Crippen LogP contribution in [0.25, 0.3) is 0 Å². The van der Waals surface area contributed by atoms with Gasteiger partial charge in [0, 0.05) is 10.9 Å². The Morgan fingerprint density at radius 1 is 1.25 bits per heavy atom. The molecule has 0 unspecified atom stereocenters. The zero-order valence-electron chi connectivity index (χ0n) is 12.3. The lowest BCUT2D eigenvalue weighted by Gasteiger charge is -2.24. The molecule has 1 amide bonds. The van der Waals surface area contributed by atoms with Crippen LogP contribution in [0.4, 0.5) is 0 Å². The first kappa shape index (κ1) is 14.0. The number of benzene rings is 1. The van der Waals surface area contributed by atoms with Gasteiger partial charge in [0.2, 0.25) is 5.91 Å². The number of nitrogens with one attached hydrogen (secondary N) is 1. The minimum Gasteiger partial charge on any atom is -0.352 e. The second kappa shape index (κ2) is 5.80. The van der Waals surface area contributed by atoms with Gasteiger partial charge in [0.15, 0.2) is 0 Å². The number of thioether (sulfide) groups is 1. The number of hydrogen-bond donors (Lipinski definition) is 1. The molecule has 20 heavy (non-hydrogen) atoms. The van der Waals surface area contributed by atoms with E-state index in [-0.39, 0.29) is 11.2 Å². The number of aryl methyl sites for hydroxylation is 1. The van der Waals surface area contributed by atoms with Crippen LogP contribution in [-0.2, 0) is 4.79 Å². The van der Waals surface area contributed by atoms with Crippen molar-refractivity contribution in [1.29, 1.82) is 0 Å². The van der Waals surface area contributed by atoms with Crippen molar-refractivity contribution in [2.75, 3.05) is 0 Å². The molecule has 0 spiro atoms. The molecular weight excluding hydrogens is 266 g/mol. The molecule has 3 rings (SSSR count). The van der Waals surface area contributed by atoms with Gasteiger partial charge < -0.3 is 5.32 Å². The highest BCUT2D eigenvalue weighted by Gasteiger charge is 2.40. The Hall–Kier alpha value is -0.960. The van der Waals surface area contributed by atoms with Crippen molar-refractivity contribution < 1.29 is 4.79 Å². The molecule has 3 heteroatoms. The van der Waals surface area contributed by atoms with Crippen molar-refractivity contribution >= 4 is 17.7 Å². The zero-order valence-corrected chi connectivity index (χ0v) is 13.1. The Bertz CT molecular complexity index is 484. The summed E-state index contributed by atoms with van der Waals surface area (Å²) in [6.45, 7) is 4.09. The van der Waals surface area contributed by atoms with Gasteiger partial charge in [-0.25, -0.2) is 0 Å². The van der Waals surface area contributed by atoms with Crippen LogP contribution in [0.3, 0.4) is 0 Å². The van der Waals surface area contributed by atoms with E-state index in [0.29, 0.717) is 6.04 Å². The summed E-state index contributed by atoms with van der Waals surface area (Å²) in [5.74, 6) is 1.83. The lowest BCUT2D eigenvalue weighted by molar-refractivity contribution is -0.121. The van der Waals surface area contributed by atoms with Crippen LogP contribution in [0, 0.1) is 18.8 Å². The molecule has 2 saturated carbocycles. The van der Waals surface area contributed by atoms with Crippen molar-refractivity contribution in [2.45, 2.75) is 55.7 Å². The Balaban J connectivity index is 1.53. The molecule has 1 aromatic rings. The second-order valence-electron chi connectivity index (χ2n) is 6.36. The standard InChI is InChI=1S/C17H23NOS/c1-11-3-7-15(8-4-11)20-12(2)17(19)18-16-10-13-5-6-14(16)9-13/h3-4,7-8,12-14,16H,5-6,9-10H2,1-2H3,(H,18,19)/t12-,13-,14-,16+/m0/s1. The van der Waals surface area contributed by atoms with E-state index >= 15 is 0 Å². The van der Waals surface area contributed by atoms with E-state index in [2.05, 4.69) is 36.5 Å². The van der Waals surface area contributed by atoms with Crippen molar-refractivity contribution in [1.82, 2.24) is 5.32 Å². The van der Waals surface area contributed by atoms with Gasteiger partial charge in [-0.1, -0.05) is 24.1 Å². The van der Waals surface area contributed by atoms with Crippen LogP contribution >= 0.6 is 11.8 Å². The molecule has 0 saturated heterocycles. The fraction of sp³-hybridized carbons (Fsp3) is 0.588. The van der Waals surface area contributed by atoms with E-state index in [0.717, 1.165) is 11.8 Å². The van der Waals surface area contributed by atoms with Gasteiger partial charge in [-0.15, -0.1) is 11.8 Å². The summed E-state index contributed by atoms with van der Waals surface area (Å²) >= 11 is 1.65. The monoisotopic (exact) mass is 289 g/mol. The molecule has 0 aromatic heterocycles. The average Bonchev–Trinajstić information content (AvgIpc) is 3.03. The third-order valence-corrected chi connectivity index (χ3v) is 5.88. The van der Waals surface area contributed by atoms with E-state index in [4.69, 9.17) is 0 Å². The van der Waals surface area contributed by atoms with E-state index in [1.165, 1.54) is 36.1 Å². The molecule has 0 aliphatic heterocycles. The molecule has 4 atom stereocenters. The summed E-state index contributed by atoms with van der Waals surface area (Å²) in [4.78, 5) is 13.5. The van der Waals surface area contributed by atoms with Crippen molar-refractivity contribution in [3.05, 3.63) is 29.8 Å². The van der Waals surface area contributed by atoms with E-state index in [1.807, 2.05) is 6.92 Å². The van der Waals surface area contributed by atoms with Crippen LogP contribution < -0.4 is 5.32 Å². The first-order chi connectivity index (χ1) is 9.61. The van der Waals surface area contributed by atoms with E-state index in [9.17, 15) is 4.79 Å². The molecule has 2 fully saturated rings. The Morgan fingerprint density at radius 3 is 2.60 bits per heavy atom. The zero-order chi connectivity index (χ0) is 14.1. The summed E-state index contributed by atoms with van der Waals surface area (Å²) in [5.41, 5.74) is 1.26. The molecule has 0 radical (unpaired) electrons. The lowest BCUT2D eigenvalue weighted by atomic mass is 9.95. The van der Waals surface area contributed by atoms with Gasteiger partial charge in [-0.3, -0.25) is 4.79 Å². The molecule has 2 aliphatic carbocycles.